The number of benzene rings is 2. The first kappa shape index (κ1) is 19.6. The van der Waals surface area contributed by atoms with Gasteiger partial charge in [0.2, 0.25) is 5.95 Å². The Morgan fingerprint density at radius 3 is 2.59 bits per heavy atom. The van der Waals surface area contributed by atoms with Crippen LogP contribution < -0.4 is 15.4 Å². The maximum Gasteiger partial charge on any atom is 0.225 e. The molecule has 4 rings (SSSR count). The Morgan fingerprint density at radius 1 is 1.07 bits per heavy atom. The van der Waals surface area contributed by atoms with Gasteiger partial charge in [0.15, 0.2) is 0 Å². The van der Waals surface area contributed by atoms with Gasteiger partial charge in [-0.25, -0.2) is 9.97 Å². The molecular formula is C24H30N4O. The third kappa shape index (κ3) is 4.67. The fourth-order valence-electron chi connectivity index (χ4n) is 3.77. The Morgan fingerprint density at radius 2 is 1.83 bits per heavy atom. The minimum absolute atomic E-state index is 0.515. The number of fused-ring (bicyclic) bond motifs is 1. The smallest absolute Gasteiger partial charge is 0.225 e. The van der Waals surface area contributed by atoms with Gasteiger partial charge in [0.1, 0.15) is 5.75 Å². The van der Waals surface area contributed by atoms with Crippen LogP contribution in [0.2, 0.25) is 0 Å². The van der Waals surface area contributed by atoms with E-state index in [9.17, 15) is 0 Å². The molecule has 0 atom stereocenters. The molecule has 0 amide bonds. The van der Waals surface area contributed by atoms with Crippen LogP contribution in [0.15, 0.2) is 48.7 Å². The quantitative estimate of drug-likeness (QED) is 0.671. The van der Waals surface area contributed by atoms with Gasteiger partial charge in [0, 0.05) is 24.8 Å². The Hall–Kier alpha value is -2.66. The number of hydrogen-bond donors (Lipinski definition) is 1. The first-order valence-corrected chi connectivity index (χ1v) is 10.6. The van der Waals surface area contributed by atoms with E-state index in [1.165, 1.54) is 10.8 Å². The van der Waals surface area contributed by atoms with E-state index in [-0.39, 0.29) is 0 Å². The summed E-state index contributed by atoms with van der Waals surface area (Å²) >= 11 is 0. The van der Waals surface area contributed by atoms with Crippen LogP contribution in [0, 0.1) is 11.8 Å². The third-order valence-electron chi connectivity index (χ3n) is 5.56. The lowest BCUT2D eigenvalue weighted by Crippen LogP contribution is -2.37. The molecule has 0 spiro atoms. The number of nitrogens with zero attached hydrogens (tertiary/aromatic N) is 3. The maximum atomic E-state index is 5.85. The van der Waals surface area contributed by atoms with Crippen molar-refractivity contribution in [1.29, 1.82) is 0 Å². The zero-order valence-electron chi connectivity index (χ0n) is 17.3. The van der Waals surface area contributed by atoms with Gasteiger partial charge in [-0.15, -0.1) is 0 Å². The van der Waals surface area contributed by atoms with Crippen molar-refractivity contribution < 1.29 is 4.74 Å². The summed E-state index contributed by atoms with van der Waals surface area (Å²) < 4.78 is 5.85. The van der Waals surface area contributed by atoms with E-state index in [0.717, 1.165) is 62.0 Å². The molecule has 5 heteroatoms. The standard InChI is InChI=1S/C24H30N4O/c1-17(2)16-29-22-6-5-19-13-21(4-3-20(19)14-22)23-7-10-26-24(27-23)28-11-8-18(15-25)9-12-28/h3-7,10,13-14,17-18H,8-9,11-12,15-16,25H2,1-2H3. The molecule has 1 aromatic heterocycles. The number of hydrogen-bond acceptors (Lipinski definition) is 5. The Kier molecular flexibility index (Phi) is 5.95. The second kappa shape index (κ2) is 8.78. The first-order chi connectivity index (χ1) is 14.1. The summed E-state index contributed by atoms with van der Waals surface area (Å²) in [6, 6.07) is 14.7. The molecular weight excluding hydrogens is 360 g/mol. The van der Waals surface area contributed by atoms with Crippen LogP contribution in [0.25, 0.3) is 22.0 Å². The molecule has 29 heavy (non-hydrogen) atoms. The molecule has 0 aliphatic carbocycles. The fraction of sp³-hybridized carbons (Fsp3) is 0.417. The van der Waals surface area contributed by atoms with E-state index in [0.29, 0.717) is 11.8 Å². The van der Waals surface area contributed by atoms with E-state index in [1.54, 1.807) is 0 Å². The summed E-state index contributed by atoms with van der Waals surface area (Å²) in [6.45, 7) is 7.77. The number of aromatic nitrogens is 2. The van der Waals surface area contributed by atoms with Gasteiger partial charge >= 0.3 is 0 Å². The van der Waals surface area contributed by atoms with E-state index < -0.39 is 0 Å². The number of rotatable bonds is 6. The predicted molar refractivity (Wildman–Crippen MR) is 119 cm³/mol. The van der Waals surface area contributed by atoms with Crippen molar-refractivity contribution in [2.75, 3.05) is 31.1 Å². The Balaban J connectivity index is 1.54. The van der Waals surface area contributed by atoms with Crippen molar-refractivity contribution in [2.24, 2.45) is 17.6 Å². The predicted octanol–water partition coefficient (Wildman–Crippen LogP) is 4.51. The molecule has 2 aromatic carbocycles. The minimum Gasteiger partial charge on any atom is -0.493 e. The van der Waals surface area contributed by atoms with Crippen molar-refractivity contribution in [3.05, 3.63) is 48.7 Å². The average molecular weight is 391 g/mol. The molecule has 0 radical (unpaired) electrons. The molecule has 1 fully saturated rings. The fourth-order valence-corrected chi connectivity index (χ4v) is 3.77. The van der Waals surface area contributed by atoms with Crippen molar-refractivity contribution in [3.63, 3.8) is 0 Å². The molecule has 1 aliphatic rings. The molecule has 3 aromatic rings. The summed E-state index contributed by atoms with van der Waals surface area (Å²) in [6.07, 6.45) is 4.09. The Labute approximate surface area is 172 Å². The van der Waals surface area contributed by atoms with Crippen LogP contribution in [0.3, 0.4) is 0 Å². The number of ether oxygens (including phenoxy) is 1. The molecule has 1 saturated heterocycles. The van der Waals surface area contributed by atoms with E-state index >= 15 is 0 Å². The summed E-state index contributed by atoms with van der Waals surface area (Å²) in [4.78, 5) is 11.6. The maximum absolute atomic E-state index is 5.85. The first-order valence-electron chi connectivity index (χ1n) is 10.6. The van der Waals surface area contributed by atoms with E-state index in [4.69, 9.17) is 15.5 Å². The van der Waals surface area contributed by atoms with Gasteiger partial charge in [-0.1, -0.05) is 32.0 Å². The van der Waals surface area contributed by atoms with Crippen LogP contribution in [-0.2, 0) is 0 Å². The van der Waals surface area contributed by atoms with E-state index in [1.807, 2.05) is 18.3 Å². The second-order valence-electron chi connectivity index (χ2n) is 8.34. The molecule has 152 valence electrons. The zero-order valence-corrected chi connectivity index (χ0v) is 17.3. The highest BCUT2D eigenvalue weighted by molar-refractivity contribution is 5.88. The molecule has 1 aliphatic heterocycles. The van der Waals surface area contributed by atoms with E-state index in [2.05, 4.69) is 54.1 Å². The van der Waals surface area contributed by atoms with Gasteiger partial charge < -0.3 is 15.4 Å². The van der Waals surface area contributed by atoms with Crippen molar-refractivity contribution in [2.45, 2.75) is 26.7 Å². The highest BCUT2D eigenvalue weighted by atomic mass is 16.5. The monoisotopic (exact) mass is 390 g/mol. The van der Waals surface area contributed by atoms with Crippen LogP contribution in [0.4, 0.5) is 5.95 Å². The van der Waals surface area contributed by atoms with Gasteiger partial charge in [0.05, 0.1) is 12.3 Å². The van der Waals surface area contributed by atoms with Crippen LogP contribution in [0.1, 0.15) is 26.7 Å². The lowest BCUT2D eigenvalue weighted by molar-refractivity contribution is 0.271. The normalized spacial score (nSPS) is 15.2. The lowest BCUT2D eigenvalue weighted by Gasteiger charge is -2.31. The largest absolute Gasteiger partial charge is 0.493 e. The van der Waals surface area contributed by atoms with Gasteiger partial charge in [-0.2, -0.15) is 0 Å². The van der Waals surface area contributed by atoms with Crippen molar-refractivity contribution in [3.8, 4) is 17.0 Å². The SMILES string of the molecule is CC(C)COc1ccc2cc(-c3ccnc(N4CCC(CN)CC4)n3)ccc2c1. The summed E-state index contributed by atoms with van der Waals surface area (Å²) in [5.41, 5.74) is 7.88. The highest BCUT2D eigenvalue weighted by Gasteiger charge is 2.20. The minimum atomic E-state index is 0.515. The van der Waals surface area contributed by atoms with Gasteiger partial charge in [0.25, 0.3) is 0 Å². The molecule has 2 heterocycles. The average Bonchev–Trinajstić information content (AvgIpc) is 2.77. The van der Waals surface area contributed by atoms with Gasteiger partial charge in [-0.3, -0.25) is 0 Å². The van der Waals surface area contributed by atoms with Crippen LogP contribution in [0.5, 0.6) is 5.75 Å². The molecule has 0 unspecified atom stereocenters. The number of nitrogens with two attached hydrogens (primary N) is 1. The zero-order chi connectivity index (χ0) is 20.2. The second-order valence-corrected chi connectivity index (χ2v) is 8.34. The number of piperidine rings is 1. The van der Waals surface area contributed by atoms with Crippen molar-refractivity contribution >= 4 is 16.7 Å². The van der Waals surface area contributed by atoms with Gasteiger partial charge in [-0.05, 0) is 66.3 Å². The summed E-state index contributed by atoms with van der Waals surface area (Å²) in [5.74, 6) is 2.88. The highest BCUT2D eigenvalue weighted by Crippen LogP contribution is 2.28. The molecule has 2 N–H and O–H groups in total. The molecule has 0 bridgehead atoms. The van der Waals surface area contributed by atoms with Crippen LogP contribution >= 0.6 is 0 Å². The third-order valence-corrected chi connectivity index (χ3v) is 5.56. The topological polar surface area (TPSA) is 64.3 Å². The van der Waals surface area contributed by atoms with Crippen LogP contribution in [-0.4, -0.2) is 36.2 Å². The lowest BCUT2D eigenvalue weighted by atomic mass is 9.97. The van der Waals surface area contributed by atoms with Crippen molar-refractivity contribution in [1.82, 2.24) is 9.97 Å². The Bertz CT molecular complexity index is 964. The molecule has 5 nitrogen and oxygen atoms in total. The number of anilines is 1. The summed E-state index contributed by atoms with van der Waals surface area (Å²) in [7, 11) is 0. The molecule has 0 saturated carbocycles. The summed E-state index contributed by atoms with van der Waals surface area (Å²) in [5, 5.41) is 2.36.